The maximum atomic E-state index is 5.55. The van der Waals surface area contributed by atoms with E-state index in [-0.39, 0.29) is 0 Å². The van der Waals surface area contributed by atoms with Crippen LogP contribution in [0.15, 0.2) is 30.3 Å². The number of benzene rings is 1. The van der Waals surface area contributed by atoms with Crippen LogP contribution in [-0.2, 0) is 4.74 Å². The van der Waals surface area contributed by atoms with Crippen LogP contribution >= 0.6 is 0 Å². The van der Waals surface area contributed by atoms with Crippen molar-refractivity contribution in [3.05, 3.63) is 35.9 Å². The van der Waals surface area contributed by atoms with Crippen LogP contribution < -0.4 is 5.32 Å². The average Bonchev–Trinajstić information content (AvgIpc) is 2.65. The van der Waals surface area contributed by atoms with Crippen molar-refractivity contribution in [3.8, 4) is 0 Å². The van der Waals surface area contributed by atoms with Crippen molar-refractivity contribution in [3.63, 3.8) is 0 Å². The van der Waals surface area contributed by atoms with Gasteiger partial charge in [0.15, 0.2) is 0 Å². The van der Waals surface area contributed by atoms with Gasteiger partial charge in [0, 0.05) is 38.3 Å². The molecule has 0 saturated carbocycles. The van der Waals surface area contributed by atoms with Gasteiger partial charge < -0.3 is 15.0 Å². The molecule has 2 bridgehead atoms. The molecule has 1 N–H and O–H groups in total. The number of morpholine rings is 1. The zero-order valence-corrected chi connectivity index (χ0v) is 14.0. The Hall–Kier alpha value is -0.940. The van der Waals surface area contributed by atoms with Crippen LogP contribution in [0.25, 0.3) is 0 Å². The van der Waals surface area contributed by atoms with E-state index >= 15 is 0 Å². The highest BCUT2D eigenvalue weighted by molar-refractivity contribution is 5.19. The lowest BCUT2D eigenvalue weighted by atomic mass is 9.84. The van der Waals surface area contributed by atoms with E-state index in [1.165, 1.54) is 38.0 Å². The number of nitrogens with one attached hydrogen (secondary N) is 1. The Morgan fingerprint density at radius 2 is 1.78 bits per heavy atom. The van der Waals surface area contributed by atoms with Gasteiger partial charge in [-0.15, -0.1) is 0 Å². The van der Waals surface area contributed by atoms with Crippen LogP contribution in [-0.4, -0.2) is 68.3 Å². The molecule has 5 rings (SSSR count). The molecule has 0 unspecified atom stereocenters. The molecule has 1 aromatic carbocycles. The fourth-order valence-corrected chi connectivity index (χ4v) is 4.48. The molecule has 2 atom stereocenters. The minimum Gasteiger partial charge on any atom is -0.379 e. The molecule has 4 nitrogen and oxygen atoms in total. The van der Waals surface area contributed by atoms with Crippen LogP contribution in [0.5, 0.6) is 0 Å². The van der Waals surface area contributed by atoms with E-state index in [1.54, 1.807) is 0 Å². The molecule has 0 aliphatic carbocycles. The highest BCUT2D eigenvalue weighted by atomic mass is 16.5. The van der Waals surface area contributed by atoms with E-state index in [4.69, 9.17) is 4.74 Å². The highest BCUT2D eigenvalue weighted by Gasteiger charge is 2.34. The first-order valence-corrected chi connectivity index (χ1v) is 9.22. The number of nitrogens with zero attached hydrogens (tertiary/aromatic N) is 2. The molecule has 4 fully saturated rings. The van der Waals surface area contributed by atoms with Crippen molar-refractivity contribution in [2.45, 2.75) is 24.9 Å². The lowest BCUT2D eigenvalue weighted by Gasteiger charge is -2.46. The lowest BCUT2D eigenvalue weighted by molar-refractivity contribution is 0.0119. The van der Waals surface area contributed by atoms with Gasteiger partial charge in [-0.3, -0.25) is 4.90 Å². The number of piperidine rings is 3. The first kappa shape index (κ1) is 15.6. The lowest BCUT2D eigenvalue weighted by Crippen LogP contribution is -2.57. The van der Waals surface area contributed by atoms with Crippen LogP contribution in [0.4, 0.5) is 0 Å². The number of hydrogen-bond acceptors (Lipinski definition) is 4. The molecule has 4 aliphatic heterocycles. The van der Waals surface area contributed by atoms with Crippen molar-refractivity contribution in [2.24, 2.45) is 5.92 Å². The summed E-state index contributed by atoms with van der Waals surface area (Å²) in [5.74, 6) is 0.890. The first-order chi connectivity index (χ1) is 11.4. The van der Waals surface area contributed by atoms with Gasteiger partial charge in [-0.2, -0.15) is 0 Å². The third kappa shape index (κ3) is 3.61. The smallest absolute Gasteiger partial charge is 0.0594 e. The average molecular weight is 315 g/mol. The maximum absolute atomic E-state index is 5.55. The summed E-state index contributed by atoms with van der Waals surface area (Å²) >= 11 is 0. The van der Waals surface area contributed by atoms with Gasteiger partial charge in [0.25, 0.3) is 0 Å². The SMILES string of the molecule is c1ccc([C@H](CN[C@H]2CN3CCC2CC3)N2CCOCC2)cc1. The summed E-state index contributed by atoms with van der Waals surface area (Å²) in [5.41, 5.74) is 1.43. The van der Waals surface area contributed by atoms with Gasteiger partial charge in [0.2, 0.25) is 0 Å². The quantitative estimate of drug-likeness (QED) is 0.896. The molecule has 4 heteroatoms. The molecule has 4 heterocycles. The normalized spacial score (nSPS) is 32.8. The minimum absolute atomic E-state index is 0.468. The molecule has 0 radical (unpaired) electrons. The predicted molar refractivity (Wildman–Crippen MR) is 92.5 cm³/mol. The Balaban J connectivity index is 1.43. The second-order valence-corrected chi connectivity index (χ2v) is 7.23. The number of ether oxygens (including phenoxy) is 1. The Kier molecular flexibility index (Phi) is 4.95. The molecule has 4 saturated heterocycles. The van der Waals surface area contributed by atoms with Crippen molar-refractivity contribution < 1.29 is 4.74 Å². The second kappa shape index (κ2) is 7.31. The van der Waals surface area contributed by atoms with E-state index in [9.17, 15) is 0 Å². The van der Waals surface area contributed by atoms with E-state index < -0.39 is 0 Å². The molecular formula is C19H29N3O. The van der Waals surface area contributed by atoms with Crippen molar-refractivity contribution in [1.29, 1.82) is 0 Å². The number of fused-ring (bicyclic) bond motifs is 3. The van der Waals surface area contributed by atoms with Gasteiger partial charge in [0.1, 0.15) is 0 Å². The zero-order valence-electron chi connectivity index (χ0n) is 14.0. The zero-order chi connectivity index (χ0) is 15.5. The molecule has 23 heavy (non-hydrogen) atoms. The van der Waals surface area contributed by atoms with E-state index in [2.05, 4.69) is 45.4 Å². The van der Waals surface area contributed by atoms with E-state index in [0.29, 0.717) is 12.1 Å². The van der Waals surface area contributed by atoms with Crippen LogP contribution in [0.3, 0.4) is 0 Å². The summed E-state index contributed by atoms with van der Waals surface area (Å²) in [7, 11) is 0. The Labute approximate surface area is 139 Å². The fourth-order valence-electron chi connectivity index (χ4n) is 4.48. The van der Waals surface area contributed by atoms with Gasteiger partial charge in [-0.1, -0.05) is 30.3 Å². The fraction of sp³-hybridized carbons (Fsp3) is 0.684. The molecule has 0 amide bonds. The Bertz CT molecular complexity index is 481. The van der Waals surface area contributed by atoms with E-state index in [0.717, 1.165) is 38.8 Å². The molecule has 0 spiro atoms. The summed E-state index contributed by atoms with van der Waals surface area (Å²) in [6, 6.07) is 12.1. The minimum atomic E-state index is 0.468. The summed E-state index contributed by atoms with van der Waals surface area (Å²) in [4.78, 5) is 5.22. The van der Waals surface area contributed by atoms with Gasteiger partial charge in [-0.25, -0.2) is 0 Å². The van der Waals surface area contributed by atoms with Gasteiger partial charge in [0.05, 0.1) is 13.2 Å². The number of rotatable bonds is 5. The topological polar surface area (TPSA) is 27.7 Å². The van der Waals surface area contributed by atoms with Crippen molar-refractivity contribution in [1.82, 2.24) is 15.1 Å². The van der Waals surface area contributed by atoms with Gasteiger partial charge in [-0.05, 0) is 37.4 Å². The largest absolute Gasteiger partial charge is 0.379 e. The maximum Gasteiger partial charge on any atom is 0.0594 e. The summed E-state index contributed by atoms with van der Waals surface area (Å²) in [6.45, 7) is 8.74. The first-order valence-electron chi connectivity index (χ1n) is 9.22. The number of hydrogen-bond donors (Lipinski definition) is 1. The molecule has 1 aromatic rings. The summed E-state index contributed by atoms with van der Waals surface area (Å²) < 4.78 is 5.55. The van der Waals surface area contributed by atoms with Crippen LogP contribution in [0.2, 0.25) is 0 Å². The predicted octanol–water partition coefficient (Wildman–Crippen LogP) is 1.74. The third-order valence-electron chi connectivity index (χ3n) is 5.90. The summed E-state index contributed by atoms with van der Waals surface area (Å²) in [5, 5.41) is 3.92. The van der Waals surface area contributed by atoms with Gasteiger partial charge >= 0.3 is 0 Å². The van der Waals surface area contributed by atoms with Crippen LogP contribution in [0.1, 0.15) is 24.4 Å². The van der Waals surface area contributed by atoms with E-state index in [1.807, 2.05) is 0 Å². The molecule has 4 aliphatic rings. The highest BCUT2D eigenvalue weighted by Crippen LogP contribution is 2.28. The van der Waals surface area contributed by atoms with Crippen LogP contribution in [0, 0.1) is 5.92 Å². The Morgan fingerprint density at radius 3 is 2.43 bits per heavy atom. The van der Waals surface area contributed by atoms with Crippen molar-refractivity contribution >= 4 is 0 Å². The second-order valence-electron chi connectivity index (χ2n) is 7.23. The monoisotopic (exact) mass is 315 g/mol. The molecular weight excluding hydrogens is 286 g/mol. The molecule has 126 valence electrons. The third-order valence-corrected chi connectivity index (χ3v) is 5.90. The summed E-state index contributed by atoms with van der Waals surface area (Å²) in [6.07, 6.45) is 2.76. The Morgan fingerprint density at radius 1 is 1.04 bits per heavy atom. The standard InChI is InChI=1S/C19H29N3O/c1-2-4-17(5-3-1)19(22-10-12-23-13-11-22)14-20-18-15-21-8-6-16(18)7-9-21/h1-5,16,18-20H,6-15H2/t18-,19-/m0/s1. The van der Waals surface area contributed by atoms with Crippen molar-refractivity contribution in [2.75, 3.05) is 52.5 Å². The molecule has 0 aromatic heterocycles.